The first-order chi connectivity index (χ1) is 15.8. The van der Waals surface area contributed by atoms with Crippen LogP contribution in [-0.2, 0) is 21.2 Å². The van der Waals surface area contributed by atoms with Crippen molar-refractivity contribution in [2.24, 2.45) is 5.10 Å². The number of hydrazone groups is 1. The molecule has 0 saturated carbocycles. The van der Waals surface area contributed by atoms with Crippen LogP contribution in [0.3, 0.4) is 0 Å². The molecule has 3 rings (SSSR count). The van der Waals surface area contributed by atoms with Gasteiger partial charge in [0.15, 0.2) is 0 Å². The van der Waals surface area contributed by atoms with Crippen LogP contribution in [0.15, 0.2) is 82.8 Å². The molecule has 3 aromatic rings. The third kappa shape index (κ3) is 7.03. The third-order valence-corrected chi connectivity index (χ3v) is 7.18. The molecule has 1 amide bonds. The topological polar surface area (TPSA) is 99.1 Å². The average molecular weight is 506 g/mol. The van der Waals surface area contributed by atoms with Crippen molar-refractivity contribution < 1.29 is 18.3 Å². The first kappa shape index (κ1) is 24.7. The summed E-state index contributed by atoms with van der Waals surface area (Å²) in [4.78, 5) is 12.3. The Hall–Kier alpha value is -2.91. The van der Waals surface area contributed by atoms with E-state index in [1.54, 1.807) is 12.1 Å². The second-order valence-electron chi connectivity index (χ2n) is 7.03. The SMILES string of the molecule is O=C(CN(CCc1ccccc1)S(=O)(=O)c1cc(Cl)ccc1Cl)N/N=C\c1ccc(O)cc1. The maximum absolute atomic E-state index is 13.3. The lowest BCUT2D eigenvalue weighted by Gasteiger charge is -2.22. The molecule has 2 N–H and O–H groups in total. The van der Waals surface area contributed by atoms with Crippen molar-refractivity contribution in [3.63, 3.8) is 0 Å². The Morgan fingerprint density at radius 2 is 1.73 bits per heavy atom. The van der Waals surface area contributed by atoms with Crippen LogP contribution in [0.2, 0.25) is 10.0 Å². The zero-order chi connectivity index (χ0) is 23.8. The minimum absolute atomic E-state index is 0.00914. The molecule has 0 bridgehead atoms. The number of hydrogen-bond donors (Lipinski definition) is 2. The van der Waals surface area contributed by atoms with E-state index in [4.69, 9.17) is 23.2 Å². The first-order valence-corrected chi connectivity index (χ1v) is 12.1. The Morgan fingerprint density at radius 3 is 2.42 bits per heavy atom. The van der Waals surface area contributed by atoms with Crippen molar-refractivity contribution in [3.05, 3.63) is 94.0 Å². The van der Waals surface area contributed by atoms with Crippen LogP contribution in [0, 0.1) is 0 Å². The van der Waals surface area contributed by atoms with Gasteiger partial charge in [-0.2, -0.15) is 9.41 Å². The van der Waals surface area contributed by atoms with Gasteiger partial charge in [-0.05, 0) is 60.0 Å². The molecule has 0 aliphatic heterocycles. The van der Waals surface area contributed by atoms with E-state index in [1.165, 1.54) is 36.5 Å². The number of aromatic hydroxyl groups is 1. The number of halogens is 2. The Morgan fingerprint density at radius 1 is 1.03 bits per heavy atom. The highest BCUT2D eigenvalue weighted by Gasteiger charge is 2.28. The zero-order valence-corrected chi connectivity index (χ0v) is 19.7. The van der Waals surface area contributed by atoms with Crippen molar-refractivity contribution in [2.45, 2.75) is 11.3 Å². The lowest BCUT2D eigenvalue weighted by molar-refractivity contribution is -0.121. The molecule has 3 aromatic carbocycles. The number of carbonyl (C=O) groups is 1. The van der Waals surface area contributed by atoms with Gasteiger partial charge in [0, 0.05) is 11.6 Å². The summed E-state index contributed by atoms with van der Waals surface area (Å²) in [6.45, 7) is -0.421. The minimum atomic E-state index is -4.12. The van der Waals surface area contributed by atoms with Crippen LogP contribution in [0.4, 0.5) is 0 Å². The van der Waals surface area contributed by atoms with Gasteiger partial charge in [0.05, 0.1) is 17.8 Å². The number of phenolic OH excluding ortho intramolecular Hbond substituents is 1. The first-order valence-electron chi connectivity index (χ1n) is 9.86. The van der Waals surface area contributed by atoms with E-state index < -0.39 is 22.5 Å². The Labute approximate surface area is 202 Å². The zero-order valence-electron chi connectivity index (χ0n) is 17.4. The molecular weight excluding hydrogens is 485 g/mol. The standard InChI is InChI=1S/C23H21Cl2N3O4S/c24-19-8-11-21(25)22(14-19)33(31,32)28(13-12-17-4-2-1-3-5-17)16-23(30)27-26-15-18-6-9-20(29)10-7-18/h1-11,14-15,29H,12-13,16H2,(H,27,30)/b26-15-. The van der Waals surface area contributed by atoms with Gasteiger partial charge >= 0.3 is 0 Å². The molecule has 0 unspecified atom stereocenters. The maximum atomic E-state index is 13.3. The third-order valence-electron chi connectivity index (χ3n) is 4.62. The van der Waals surface area contributed by atoms with Crippen molar-refractivity contribution in [2.75, 3.05) is 13.1 Å². The number of nitrogens with zero attached hydrogens (tertiary/aromatic N) is 2. The molecule has 10 heteroatoms. The van der Waals surface area contributed by atoms with Gasteiger partial charge in [0.25, 0.3) is 5.91 Å². The fraction of sp³-hybridized carbons (Fsp3) is 0.130. The number of benzene rings is 3. The number of hydrogen-bond acceptors (Lipinski definition) is 5. The smallest absolute Gasteiger partial charge is 0.255 e. The second-order valence-corrected chi connectivity index (χ2v) is 9.78. The normalized spacial score (nSPS) is 11.7. The predicted octanol–water partition coefficient (Wildman–Crippen LogP) is 4.08. The lowest BCUT2D eigenvalue weighted by atomic mass is 10.1. The molecule has 0 aromatic heterocycles. The van der Waals surface area contributed by atoms with Gasteiger partial charge in [-0.15, -0.1) is 0 Å². The van der Waals surface area contributed by atoms with E-state index in [0.717, 1.165) is 9.87 Å². The Bertz CT molecular complexity index is 1230. The van der Waals surface area contributed by atoms with Crippen LogP contribution in [0.1, 0.15) is 11.1 Å². The highest BCUT2D eigenvalue weighted by molar-refractivity contribution is 7.89. The van der Waals surface area contributed by atoms with Crippen molar-refractivity contribution in [1.82, 2.24) is 9.73 Å². The second kappa shape index (κ2) is 11.3. The molecule has 0 heterocycles. The van der Waals surface area contributed by atoms with Crippen LogP contribution in [0.5, 0.6) is 5.75 Å². The van der Waals surface area contributed by atoms with E-state index in [0.29, 0.717) is 12.0 Å². The molecule has 0 saturated heterocycles. The fourth-order valence-electron chi connectivity index (χ4n) is 2.93. The van der Waals surface area contributed by atoms with Crippen LogP contribution in [-0.4, -0.2) is 43.0 Å². The summed E-state index contributed by atoms with van der Waals surface area (Å²) >= 11 is 12.1. The van der Waals surface area contributed by atoms with E-state index in [9.17, 15) is 18.3 Å². The molecule has 33 heavy (non-hydrogen) atoms. The molecule has 0 radical (unpaired) electrons. The number of carbonyl (C=O) groups excluding carboxylic acids is 1. The Kier molecular flexibility index (Phi) is 8.46. The number of rotatable bonds is 9. The van der Waals surface area contributed by atoms with Crippen LogP contribution >= 0.6 is 23.2 Å². The van der Waals surface area contributed by atoms with Gasteiger partial charge in [0.2, 0.25) is 10.0 Å². The summed E-state index contributed by atoms with van der Waals surface area (Å²) < 4.78 is 27.7. The molecule has 0 aliphatic rings. The fourth-order valence-corrected chi connectivity index (χ4v) is 5.07. The monoisotopic (exact) mass is 505 g/mol. The number of amides is 1. The van der Waals surface area contributed by atoms with Gasteiger partial charge in [-0.1, -0.05) is 53.5 Å². The number of sulfonamides is 1. The van der Waals surface area contributed by atoms with Gasteiger partial charge in [0.1, 0.15) is 10.6 Å². The number of phenols is 1. The van der Waals surface area contributed by atoms with Crippen LogP contribution < -0.4 is 5.43 Å². The molecule has 0 spiro atoms. The molecule has 0 atom stereocenters. The summed E-state index contributed by atoms with van der Waals surface area (Å²) in [6.07, 6.45) is 1.77. The van der Waals surface area contributed by atoms with Crippen LogP contribution in [0.25, 0.3) is 0 Å². The summed E-state index contributed by atoms with van der Waals surface area (Å²) in [6, 6.07) is 19.7. The van der Waals surface area contributed by atoms with E-state index in [-0.39, 0.29) is 27.2 Å². The van der Waals surface area contributed by atoms with Crippen molar-refractivity contribution in [1.29, 1.82) is 0 Å². The summed E-state index contributed by atoms with van der Waals surface area (Å²) in [7, 11) is -4.12. The molecule has 0 fully saturated rings. The summed E-state index contributed by atoms with van der Waals surface area (Å²) in [5, 5.41) is 13.4. The summed E-state index contributed by atoms with van der Waals surface area (Å²) in [5.41, 5.74) is 3.89. The minimum Gasteiger partial charge on any atom is -0.508 e. The largest absolute Gasteiger partial charge is 0.508 e. The molecular formula is C23H21Cl2N3O4S. The van der Waals surface area contributed by atoms with E-state index >= 15 is 0 Å². The quantitative estimate of drug-likeness (QED) is 0.338. The van der Waals surface area contributed by atoms with Crippen molar-refractivity contribution >= 4 is 45.3 Å². The lowest BCUT2D eigenvalue weighted by Crippen LogP contribution is -2.40. The maximum Gasteiger partial charge on any atom is 0.255 e. The van der Waals surface area contributed by atoms with E-state index in [1.807, 2.05) is 30.3 Å². The van der Waals surface area contributed by atoms with Gasteiger partial charge < -0.3 is 5.11 Å². The predicted molar refractivity (Wildman–Crippen MR) is 129 cm³/mol. The number of nitrogens with one attached hydrogen (secondary N) is 1. The van der Waals surface area contributed by atoms with Gasteiger partial charge in [-0.25, -0.2) is 13.8 Å². The van der Waals surface area contributed by atoms with Gasteiger partial charge in [-0.3, -0.25) is 4.79 Å². The summed E-state index contributed by atoms with van der Waals surface area (Å²) in [5.74, 6) is -0.519. The average Bonchev–Trinajstić information content (AvgIpc) is 2.80. The highest BCUT2D eigenvalue weighted by atomic mass is 35.5. The Balaban J connectivity index is 1.78. The molecule has 7 nitrogen and oxygen atoms in total. The highest BCUT2D eigenvalue weighted by Crippen LogP contribution is 2.28. The van der Waals surface area contributed by atoms with E-state index in [2.05, 4.69) is 10.5 Å². The molecule has 0 aliphatic carbocycles. The van der Waals surface area contributed by atoms with Crippen molar-refractivity contribution in [3.8, 4) is 5.75 Å². The molecule has 172 valence electrons.